The Morgan fingerprint density at radius 2 is 2.07 bits per heavy atom. The van der Waals surface area contributed by atoms with Crippen molar-refractivity contribution < 1.29 is 15.0 Å². The number of aromatic nitrogens is 1. The minimum atomic E-state index is -0.308. The van der Waals surface area contributed by atoms with Gasteiger partial charge in [-0.05, 0) is 18.2 Å². The number of rotatable bonds is 2. The van der Waals surface area contributed by atoms with Crippen LogP contribution in [0.3, 0.4) is 0 Å². The molecule has 0 atom stereocenters. The molecule has 0 radical (unpaired) electrons. The van der Waals surface area contributed by atoms with E-state index in [2.05, 4.69) is 4.98 Å². The van der Waals surface area contributed by atoms with Crippen molar-refractivity contribution >= 4 is 17.1 Å². The third-order valence-corrected chi connectivity index (χ3v) is 2.64. The van der Waals surface area contributed by atoms with E-state index in [1.165, 1.54) is 35.7 Å². The SMILES string of the molecule is O=C(c1ccc(O)c(O)c1)c1nccs1. The van der Waals surface area contributed by atoms with Crippen molar-refractivity contribution in [2.45, 2.75) is 0 Å². The number of hydrogen-bond acceptors (Lipinski definition) is 5. The highest BCUT2D eigenvalue weighted by Gasteiger charge is 2.13. The van der Waals surface area contributed by atoms with Gasteiger partial charge < -0.3 is 10.2 Å². The van der Waals surface area contributed by atoms with Crippen molar-refractivity contribution in [2.24, 2.45) is 0 Å². The number of benzene rings is 1. The molecule has 1 aromatic carbocycles. The third-order valence-electron chi connectivity index (χ3n) is 1.86. The van der Waals surface area contributed by atoms with E-state index >= 15 is 0 Å². The molecule has 2 rings (SSSR count). The fourth-order valence-corrected chi connectivity index (χ4v) is 1.72. The summed E-state index contributed by atoms with van der Waals surface area (Å²) in [5.74, 6) is -0.816. The topological polar surface area (TPSA) is 70.4 Å². The van der Waals surface area contributed by atoms with E-state index in [-0.39, 0.29) is 17.3 Å². The Labute approximate surface area is 89.5 Å². The lowest BCUT2D eigenvalue weighted by molar-refractivity contribution is 0.103. The summed E-state index contributed by atoms with van der Waals surface area (Å²) in [7, 11) is 0. The Hall–Kier alpha value is -1.88. The molecule has 15 heavy (non-hydrogen) atoms. The van der Waals surface area contributed by atoms with Crippen molar-refractivity contribution in [3.63, 3.8) is 0 Å². The Morgan fingerprint density at radius 1 is 1.27 bits per heavy atom. The summed E-state index contributed by atoms with van der Waals surface area (Å²) in [5.41, 5.74) is 0.306. The van der Waals surface area contributed by atoms with E-state index in [9.17, 15) is 9.90 Å². The first-order valence-electron chi connectivity index (χ1n) is 4.14. The van der Waals surface area contributed by atoms with Crippen LogP contribution in [-0.2, 0) is 0 Å². The molecule has 0 aliphatic rings. The van der Waals surface area contributed by atoms with Crippen LogP contribution in [0.1, 0.15) is 15.4 Å². The maximum absolute atomic E-state index is 11.7. The number of thiazole rings is 1. The van der Waals surface area contributed by atoms with Gasteiger partial charge in [-0.1, -0.05) is 0 Å². The lowest BCUT2D eigenvalue weighted by Crippen LogP contribution is -1.99. The molecule has 0 unspecified atom stereocenters. The van der Waals surface area contributed by atoms with Gasteiger partial charge in [0.2, 0.25) is 5.78 Å². The van der Waals surface area contributed by atoms with Crippen LogP contribution in [0.15, 0.2) is 29.8 Å². The molecule has 1 heterocycles. The average molecular weight is 221 g/mol. The Kier molecular flexibility index (Phi) is 2.39. The van der Waals surface area contributed by atoms with Gasteiger partial charge in [-0.25, -0.2) is 4.98 Å². The zero-order valence-corrected chi connectivity index (χ0v) is 8.36. The van der Waals surface area contributed by atoms with E-state index in [4.69, 9.17) is 5.11 Å². The second kappa shape index (κ2) is 3.70. The summed E-state index contributed by atoms with van der Waals surface area (Å²) < 4.78 is 0. The van der Waals surface area contributed by atoms with Crippen molar-refractivity contribution in [3.8, 4) is 11.5 Å². The molecule has 2 N–H and O–H groups in total. The zero-order chi connectivity index (χ0) is 10.8. The molecule has 5 heteroatoms. The molecular weight excluding hydrogens is 214 g/mol. The summed E-state index contributed by atoms with van der Waals surface area (Å²) in [4.78, 5) is 15.6. The van der Waals surface area contributed by atoms with Crippen LogP contribution in [0.5, 0.6) is 11.5 Å². The highest BCUT2D eigenvalue weighted by atomic mass is 32.1. The highest BCUT2D eigenvalue weighted by Crippen LogP contribution is 2.26. The van der Waals surface area contributed by atoms with E-state index in [1.54, 1.807) is 5.38 Å². The van der Waals surface area contributed by atoms with Crippen LogP contribution < -0.4 is 0 Å². The number of carbonyl (C=O) groups excluding carboxylic acids is 1. The highest BCUT2D eigenvalue weighted by molar-refractivity contribution is 7.11. The first-order chi connectivity index (χ1) is 7.18. The first kappa shape index (κ1) is 9.67. The number of hydrogen-bond donors (Lipinski definition) is 2. The number of carbonyl (C=O) groups is 1. The van der Waals surface area contributed by atoms with E-state index in [0.717, 1.165) is 0 Å². The second-order valence-corrected chi connectivity index (χ2v) is 3.76. The number of phenolic OH excluding ortho intramolecular Hbond substituents is 2. The van der Waals surface area contributed by atoms with Gasteiger partial charge in [0.1, 0.15) is 0 Å². The standard InChI is InChI=1S/C10H7NO3S/c12-7-2-1-6(5-8(7)13)9(14)10-11-3-4-15-10/h1-5,12-13H. The predicted molar refractivity (Wildman–Crippen MR) is 55.3 cm³/mol. The van der Waals surface area contributed by atoms with E-state index < -0.39 is 0 Å². The minimum absolute atomic E-state index is 0.245. The number of nitrogens with zero attached hydrogens (tertiary/aromatic N) is 1. The van der Waals surface area contributed by atoms with Gasteiger partial charge in [0, 0.05) is 17.1 Å². The molecular formula is C10H7NO3S. The van der Waals surface area contributed by atoms with Gasteiger partial charge in [0.25, 0.3) is 0 Å². The molecule has 0 saturated heterocycles. The van der Waals surface area contributed by atoms with Crippen LogP contribution in [0.25, 0.3) is 0 Å². The van der Waals surface area contributed by atoms with Gasteiger partial charge in [-0.2, -0.15) is 0 Å². The molecule has 0 bridgehead atoms. The number of ketones is 1. The summed E-state index contributed by atoms with van der Waals surface area (Å²) in [6, 6.07) is 3.94. The van der Waals surface area contributed by atoms with E-state index in [1.807, 2.05) is 0 Å². The lowest BCUT2D eigenvalue weighted by Gasteiger charge is -2.00. The lowest BCUT2D eigenvalue weighted by atomic mass is 10.1. The largest absolute Gasteiger partial charge is 0.504 e. The summed E-state index contributed by atoms with van der Waals surface area (Å²) in [6.45, 7) is 0. The van der Waals surface area contributed by atoms with Gasteiger partial charge in [0.05, 0.1) is 0 Å². The van der Waals surface area contributed by atoms with Gasteiger partial charge >= 0.3 is 0 Å². The van der Waals surface area contributed by atoms with Crippen molar-refractivity contribution in [1.82, 2.24) is 4.98 Å². The molecule has 0 fully saturated rings. The van der Waals surface area contributed by atoms with Crippen molar-refractivity contribution in [2.75, 3.05) is 0 Å². The predicted octanol–water partition coefficient (Wildman–Crippen LogP) is 1.79. The summed E-state index contributed by atoms with van der Waals surface area (Å²) in [6.07, 6.45) is 1.54. The fraction of sp³-hybridized carbons (Fsp3) is 0. The average Bonchev–Trinajstić information content (AvgIpc) is 2.74. The Bertz CT molecular complexity index is 493. The molecule has 2 aromatic rings. The molecule has 0 saturated carbocycles. The first-order valence-corrected chi connectivity index (χ1v) is 5.02. The molecule has 76 valence electrons. The summed E-state index contributed by atoms with van der Waals surface area (Å²) in [5, 5.41) is 20.4. The molecule has 4 nitrogen and oxygen atoms in total. The molecule has 0 spiro atoms. The smallest absolute Gasteiger partial charge is 0.221 e. The number of phenols is 2. The molecule has 0 aliphatic carbocycles. The van der Waals surface area contributed by atoms with Crippen LogP contribution in [0.4, 0.5) is 0 Å². The molecule has 0 aliphatic heterocycles. The zero-order valence-electron chi connectivity index (χ0n) is 7.54. The quantitative estimate of drug-likeness (QED) is 0.599. The Morgan fingerprint density at radius 3 is 2.67 bits per heavy atom. The van der Waals surface area contributed by atoms with Gasteiger partial charge in [0.15, 0.2) is 16.5 Å². The maximum Gasteiger partial charge on any atom is 0.221 e. The van der Waals surface area contributed by atoms with Crippen molar-refractivity contribution in [3.05, 3.63) is 40.3 Å². The van der Waals surface area contributed by atoms with Crippen LogP contribution in [0.2, 0.25) is 0 Å². The minimum Gasteiger partial charge on any atom is -0.504 e. The van der Waals surface area contributed by atoms with E-state index in [0.29, 0.717) is 10.6 Å². The second-order valence-electron chi connectivity index (χ2n) is 2.87. The molecule has 1 aromatic heterocycles. The maximum atomic E-state index is 11.7. The third kappa shape index (κ3) is 1.82. The van der Waals surface area contributed by atoms with Crippen LogP contribution in [0, 0.1) is 0 Å². The van der Waals surface area contributed by atoms with Crippen LogP contribution >= 0.6 is 11.3 Å². The number of aromatic hydroxyl groups is 2. The Balaban J connectivity index is 2.39. The normalized spacial score (nSPS) is 10.1. The summed E-state index contributed by atoms with van der Waals surface area (Å²) >= 11 is 1.23. The monoisotopic (exact) mass is 221 g/mol. The van der Waals surface area contributed by atoms with Crippen molar-refractivity contribution in [1.29, 1.82) is 0 Å². The fourth-order valence-electron chi connectivity index (χ4n) is 1.12. The van der Waals surface area contributed by atoms with Crippen LogP contribution in [-0.4, -0.2) is 21.0 Å². The van der Waals surface area contributed by atoms with Gasteiger partial charge in [-0.15, -0.1) is 11.3 Å². The molecule has 0 amide bonds. The van der Waals surface area contributed by atoms with Gasteiger partial charge in [-0.3, -0.25) is 4.79 Å².